The van der Waals surface area contributed by atoms with Gasteiger partial charge in [-0.3, -0.25) is 9.36 Å². The van der Waals surface area contributed by atoms with Crippen LogP contribution in [0.1, 0.15) is 22.6 Å². The summed E-state index contributed by atoms with van der Waals surface area (Å²) < 4.78 is 1.59. The maximum absolute atomic E-state index is 12.0. The predicted octanol–water partition coefficient (Wildman–Crippen LogP) is 2.01. The van der Waals surface area contributed by atoms with Crippen LogP contribution in [-0.4, -0.2) is 20.6 Å². The second-order valence-electron chi connectivity index (χ2n) is 4.79. The Hall–Kier alpha value is -2.69. The zero-order valence-corrected chi connectivity index (χ0v) is 11.9. The second-order valence-corrected chi connectivity index (χ2v) is 4.79. The van der Waals surface area contributed by atoms with Crippen molar-refractivity contribution < 1.29 is 9.90 Å². The third-order valence-electron chi connectivity index (χ3n) is 3.04. The Kier molecular flexibility index (Phi) is 4.33. The number of hydrogen-bond acceptors (Lipinski definition) is 3. The van der Waals surface area contributed by atoms with Gasteiger partial charge in [0.1, 0.15) is 5.82 Å². The van der Waals surface area contributed by atoms with Crippen molar-refractivity contribution in [3.05, 3.63) is 69.4 Å². The van der Waals surface area contributed by atoms with Crippen LogP contribution in [0.2, 0.25) is 0 Å². The van der Waals surface area contributed by atoms with Gasteiger partial charge in [-0.1, -0.05) is 18.2 Å². The third-order valence-corrected chi connectivity index (χ3v) is 3.04. The lowest BCUT2D eigenvalue weighted by molar-refractivity contribution is -0.131. The summed E-state index contributed by atoms with van der Waals surface area (Å²) in [5.74, 6) is -0.332. The summed E-state index contributed by atoms with van der Waals surface area (Å²) in [5.41, 5.74) is 2.30. The highest BCUT2D eigenvalue weighted by Crippen LogP contribution is 2.09. The summed E-state index contributed by atoms with van der Waals surface area (Å²) in [7, 11) is 0. The molecule has 0 bridgehead atoms. The first kappa shape index (κ1) is 14.7. The molecule has 2 rings (SSSR count). The van der Waals surface area contributed by atoms with E-state index < -0.39 is 5.97 Å². The molecule has 5 nitrogen and oxygen atoms in total. The monoisotopic (exact) mass is 284 g/mol. The quantitative estimate of drug-likeness (QED) is 0.872. The Morgan fingerprint density at radius 3 is 2.76 bits per heavy atom. The number of rotatable bonds is 4. The van der Waals surface area contributed by atoms with Crippen LogP contribution >= 0.6 is 0 Å². The Morgan fingerprint density at radius 1 is 1.33 bits per heavy atom. The molecule has 1 aromatic carbocycles. The van der Waals surface area contributed by atoms with Crippen LogP contribution < -0.4 is 5.56 Å². The number of carboxylic acid groups (broad SMARTS) is 1. The van der Waals surface area contributed by atoms with E-state index in [9.17, 15) is 9.59 Å². The Labute approximate surface area is 122 Å². The molecule has 0 saturated heterocycles. The summed E-state index contributed by atoms with van der Waals surface area (Å²) in [6.07, 6.45) is 2.61. The molecule has 0 unspecified atom stereocenters. The zero-order valence-electron chi connectivity index (χ0n) is 11.9. The molecule has 0 aliphatic heterocycles. The van der Waals surface area contributed by atoms with Crippen molar-refractivity contribution in [1.29, 1.82) is 0 Å². The molecule has 0 saturated carbocycles. The van der Waals surface area contributed by atoms with Crippen molar-refractivity contribution in [2.24, 2.45) is 0 Å². The molecule has 0 spiro atoms. The summed E-state index contributed by atoms with van der Waals surface area (Å²) >= 11 is 0. The lowest BCUT2D eigenvalue weighted by atomic mass is 10.1. The Morgan fingerprint density at radius 2 is 2.10 bits per heavy atom. The molecule has 0 amide bonds. The molecular weight excluding hydrogens is 268 g/mol. The molecular formula is C16H16N2O3. The zero-order chi connectivity index (χ0) is 15.4. The van der Waals surface area contributed by atoms with Crippen LogP contribution in [0.5, 0.6) is 0 Å². The fraction of sp³-hybridized carbons (Fsp3) is 0.188. The fourth-order valence-electron chi connectivity index (χ4n) is 2.10. The molecule has 0 aliphatic rings. The SMILES string of the molecule is Cc1cc(=O)n(Cc2cccc(C=CC(=O)O)c2)c(C)n1. The second kappa shape index (κ2) is 6.17. The highest BCUT2D eigenvalue weighted by Gasteiger charge is 2.04. The average Bonchev–Trinajstić information content (AvgIpc) is 2.41. The number of nitrogens with zero attached hydrogens (tertiary/aromatic N) is 2. The third kappa shape index (κ3) is 3.89. The molecule has 5 heteroatoms. The standard InChI is InChI=1S/C16H16N2O3/c1-11-8-15(19)18(12(2)17-11)10-14-5-3-4-13(9-14)6-7-16(20)21/h3-9H,10H2,1-2H3,(H,20,21). The van der Waals surface area contributed by atoms with E-state index in [4.69, 9.17) is 5.11 Å². The number of carbonyl (C=O) groups is 1. The molecule has 108 valence electrons. The summed E-state index contributed by atoms with van der Waals surface area (Å²) in [6, 6.07) is 8.89. The molecule has 0 atom stereocenters. The van der Waals surface area contributed by atoms with Crippen molar-refractivity contribution in [3.8, 4) is 0 Å². The minimum atomic E-state index is -0.991. The van der Waals surface area contributed by atoms with Gasteiger partial charge >= 0.3 is 5.97 Å². The first-order valence-corrected chi connectivity index (χ1v) is 6.51. The van der Waals surface area contributed by atoms with Gasteiger partial charge in [0.15, 0.2) is 0 Å². The van der Waals surface area contributed by atoms with E-state index in [0.717, 1.165) is 17.2 Å². The number of aryl methyl sites for hydroxylation is 2. The average molecular weight is 284 g/mol. The van der Waals surface area contributed by atoms with Gasteiger partial charge in [0.05, 0.1) is 6.54 Å². The molecule has 1 N–H and O–H groups in total. The maximum atomic E-state index is 12.0. The molecule has 1 aromatic heterocycles. The van der Waals surface area contributed by atoms with Gasteiger partial charge < -0.3 is 5.11 Å². The maximum Gasteiger partial charge on any atom is 0.328 e. The summed E-state index contributed by atoms with van der Waals surface area (Å²) in [5, 5.41) is 8.64. The van der Waals surface area contributed by atoms with Crippen molar-refractivity contribution >= 4 is 12.0 Å². The lowest BCUT2D eigenvalue weighted by Crippen LogP contribution is -2.24. The number of aliphatic carboxylic acids is 1. The van der Waals surface area contributed by atoms with Gasteiger partial charge in [-0.25, -0.2) is 9.78 Å². The van der Waals surface area contributed by atoms with Crippen LogP contribution in [-0.2, 0) is 11.3 Å². The normalized spacial score (nSPS) is 11.0. The van der Waals surface area contributed by atoms with Gasteiger partial charge in [0, 0.05) is 17.8 Å². The predicted molar refractivity (Wildman–Crippen MR) is 80.2 cm³/mol. The van der Waals surface area contributed by atoms with E-state index in [1.54, 1.807) is 18.4 Å². The molecule has 2 aromatic rings. The van der Waals surface area contributed by atoms with E-state index in [2.05, 4.69) is 4.98 Å². The fourth-order valence-corrected chi connectivity index (χ4v) is 2.10. The molecule has 0 fully saturated rings. The molecule has 0 radical (unpaired) electrons. The van der Waals surface area contributed by atoms with Gasteiger partial charge in [0.2, 0.25) is 0 Å². The number of hydrogen-bond donors (Lipinski definition) is 1. The number of benzene rings is 1. The van der Waals surface area contributed by atoms with Crippen LogP contribution in [0.4, 0.5) is 0 Å². The van der Waals surface area contributed by atoms with Crippen LogP contribution in [0.25, 0.3) is 6.08 Å². The van der Waals surface area contributed by atoms with E-state index in [-0.39, 0.29) is 5.56 Å². The van der Waals surface area contributed by atoms with Crippen LogP contribution in [0.15, 0.2) is 41.2 Å². The smallest absolute Gasteiger partial charge is 0.328 e. The van der Waals surface area contributed by atoms with Gasteiger partial charge in [-0.05, 0) is 37.1 Å². The van der Waals surface area contributed by atoms with Gasteiger partial charge in [-0.2, -0.15) is 0 Å². The van der Waals surface area contributed by atoms with E-state index >= 15 is 0 Å². The highest BCUT2D eigenvalue weighted by molar-refractivity contribution is 5.85. The topological polar surface area (TPSA) is 72.2 Å². The van der Waals surface area contributed by atoms with Gasteiger partial charge in [-0.15, -0.1) is 0 Å². The number of aromatic nitrogens is 2. The van der Waals surface area contributed by atoms with Crippen molar-refractivity contribution in [2.75, 3.05) is 0 Å². The van der Waals surface area contributed by atoms with Crippen molar-refractivity contribution in [3.63, 3.8) is 0 Å². The first-order chi connectivity index (χ1) is 9.95. The van der Waals surface area contributed by atoms with E-state index in [1.165, 1.54) is 12.1 Å². The van der Waals surface area contributed by atoms with Crippen molar-refractivity contribution in [2.45, 2.75) is 20.4 Å². The first-order valence-electron chi connectivity index (χ1n) is 6.51. The minimum Gasteiger partial charge on any atom is -0.478 e. The molecule has 0 aliphatic carbocycles. The minimum absolute atomic E-state index is 0.0912. The Balaban J connectivity index is 2.31. The largest absolute Gasteiger partial charge is 0.478 e. The van der Waals surface area contributed by atoms with E-state index in [0.29, 0.717) is 18.1 Å². The van der Waals surface area contributed by atoms with Crippen LogP contribution in [0, 0.1) is 13.8 Å². The Bertz CT molecular complexity index is 760. The number of carboxylic acids is 1. The van der Waals surface area contributed by atoms with Gasteiger partial charge in [0.25, 0.3) is 5.56 Å². The molecule has 21 heavy (non-hydrogen) atoms. The van der Waals surface area contributed by atoms with Crippen molar-refractivity contribution in [1.82, 2.24) is 9.55 Å². The molecule has 1 heterocycles. The van der Waals surface area contributed by atoms with Crippen LogP contribution in [0.3, 0.4) is 0 Å². The summed E-state index contributed by atoms with van der Waals surface area (Å²) in [4.78, 5) is 26.8. The highest BCUT2D eigenvalue weighted by atomic mass is 16.4. The lowest BCUT2D eigenvalue weighted by Gasteiger charge is -2.10. The van der Waals surface area contributed by atoms with E-state index in [1.807, 2.05) is 24.3 Å². The summed E-state index contributed by atoms with van der Waals surface area (Å²) in [6.45, 7) is 3.99.